The molecule has 4 N–H and O–H groups in total. The molecular formula is C24H30N7O6P. The van der Waals surface area contributed by atoms with Crippen LogP contribution in [0.5, 0.6) is 5.75 Å². The molecule has 1 unspecified atom stereocenters. The summed E-state index contributed by atoms with van der Waals surface area (Å²) in [6, 6.07) is 7.26. The summed E-state index contributed by atoms with van der Waals surface area (Å²) in [5, 5.41) is 11.8. The van der Waals surface area contributed by atoms with Crippen LogP contribution in [0.3, 0.4) is 0 Å². The molecule has 0 spiro atoms. The Morgan fingerprint density at radius 2 is 2.03 bits per heavy atom. The van der Waals surface area contributed by atoms with Crippen LogP contribution < -0.4 is 20.2 Å². The second-order valence-corrected chi connectivity index (χ2v) is 10.9. The summed E-state index contributed by atoms with van der Waals surface area (Å²) < 4.78 is 32.2. The lowest BCUT2D eigenvalue weighted by Crippen LogP contribution is -2.37. The lowest BCUT2D eigenvalue weighted by molar-refractivity contribution is -0.138. The molecule has 202 valence electrons. The second kappa shape index (κ2) is 11.1. The molecule has 1 aliphatic heterocycles. The number of hydrogen-bond donors (Lipinski definition) is 3. The van der Waals surface area contributed by atoms with Gasteiger partial charge in [-0.1, -0.05) is 30.4 Å². The summed E-state index contributed by atoms with van der Waals surface area (Å²) in [7, 11) is -3.99. The number of ether oxygens (including phenoxy) is 1. The molecule has 3 aromatic rings. The van der Waals surface area contributed by atoms with Crippen molar-refractivity contribution in [1.29, 1.82) is 0 Å². The first-order chi connectivity index (χ1) is 18.3. The Hall–Kier alpha value is -3.51. The van der Waals surface area contributed by atoms with E-state index in [-0.39, 0.29) is 24.5 Å². The van der Waals surface area contributed by atoms with Gasteiger partial charge in [-0.15, -0.1) is 0 Å². The van der Waals surface area contributed by atoms with Gasteiger partial charge in [0.25, 0.3) is 0 Å². The molecule has 0 saturated carbocycles. The number of carbonyl (C=O) groups is 1. The van der Waals surface area contributed by atoms with Gasteiger partial charge in [0.15, 0.2) is 17.0 Å². The number of nitrogens with one attached hydrogen (secondary N) is 1. The van der Waals surface area contributed by atoms with E-state index in [0.717, 1.165) is 0 Å². The van der Waals surface area contributed by atoms with Gasteiger partial charge < -0.3 is 29.6 Å². The molecule has 13 nitrogen and oxygen atoms in total. The number of nitrogens with zero attached hydrogens (tertiary/aromatic N) is 5. The lowest BCUT2D eigenvalue weighted by atomic mass is 10.1. The Bertz CT molecular complexity index is 1360. The van der Waals surface area contributed by atoms with E-state index in [0.29, 0.717) is 55.5 Å². The third-order valence-corrected chi connectivity index (χ3v) is 8.03. The molecule has 0 bridgehead atoms. The summed E-state index contributed by atoms with van der Waals surface area (Å²) in [6.45, 7) is 4.04. The molecule has 1 fully saturated rings. The van der Waals surface area contributed by atoms with Crippen LogP contribution in [0.2, 0.25) is 0 Å². The quantitative estimate of drug-likeness (QED) is 0.253. The predicted molar refractivity (Wildman–Crippen MR) is 140 cm³/mol. The van der Waals surface area contributed by atoms with Crippen molar-refractivity contribution < 1.29 is 28.3 Å². The number of carboxylic acids is 1. The average Bonchev–Trinajstić information content (AvgIpc) is 3.55. The number of nitrogens with two attached hydrogens (primary N) is 1. The number of para-hydroxylation sites is 1. The minimum absolute atomic E-state index is 0.0548. The van der Waals surface area contributed by atoms with Crippen molar-refractivity contribution in [1.82, 2.24) is 24.6 Å². The zero-order chi connectivity index (χ0) is 26.7. The number of imidazole rings is 1. The Kier molecular flexibility index (Phi) is 7.61. The fraction of sp³-hybridized carbons (Fsp3) is 0.417. The minimum atomic E-state index is -3.99. The highest BCUT2D eigenvalue weighted by atomic mass is 31.2. The molecular weight excluding hydrogens is 513 g/mol. The third kappa shape index (κ3) is 5.81. The zero-order valence-corrected chi connectivity index (χ0v) is 21.7. The SMILES string of the molecule is CC(N[P@@](=O)(OC[C@@H]1C=C[C@H](n2cnc3c(N4CCOCC4)nc(N)nc32)C1)Oc1ccccc1)C(=O)O. The average molecular weight is 544 g/mol. The van der Waals surface area contributed by atoms with Gasteiger partial charge in [0.1, 0.15) is 11.8 Å². The lowest BCUT2D eigenvalue weighted by Gasteiger charge is -2.27. The number of benzene rings is 1. The van der Waals surface area contributed by atoms with Gasteiger partial charge in [0.2, 0.25) is 5.95 Å². The van der Waals surface area contributed by atoms with E-state index in [1.54, 1.807) is 36.7 Å². The highest BCUT2D eigenvalue weighted by molar-refractivity contribution is 7.52. The Balaban J connectivity index is 1.29. The van der Waals surface area contributed by atoms with Crippen LogP contribution in [0.1, 0.15) is 19.4 Å². The first kappa shape index (κ1) is 26.1. The van der Waals surface area contributed by atoms with E-state index >= 15 is 0 Å². The Labute approximate surface area is 219 Å². The summed E-state index contributed by atoms with van der Waals surface area (Å²) >= 11 is 0. The van der Waals surface area contributed by atoms with Crippen molar-refractivity contribution in [3.8, 4) is 5.75 Å². The van der Waals surface area contributed by atoms with Gasteiger partial charge in [-0.3, -0.25) is 9.32 Å². The molecule has 0 amide bonds. The van der Waals surface area contributed by atoms with Crippen molar-refractivity contribution in [2.75, 3.05) is 43.5 Å². The van der Waals surface area contributed by atoms with Gasteiger partial charge in [0, 0.05) is 19.0 Å². The fourth-order valence-electron chi connectivity index (χ4n) is 4.44. The molecule has 4 atom stereocenters. The maximum Gasteiger partial charge on any atom is 0.459 e. The van der Waals surface area contributed by atoms with Crippen molar-refractivity contribution >= 4 is 36.6 Å². The van der Waals surface area contributed by atoms with Crippen LogP contribution in [-0.4, -0.2) is 69.5 Å². The summed E-state index contributed by atoms with van der Waals surface area (Å²) in [5.41, 5.74) is 7.35. The number of nitrogen functional groups attached to an aromatic ring is 1. The van der Waals surface area contributed by atoms with Crippen LogP contribution in [0.4, 0.5) is 11.8 Å². The summed E-state index contributed by atoms with van der Waals surface area (Å²) in [4.78, 5) is 27.0. The van der Waals surface area contributed by atoms with E-state index in [9.17, 15) is 14.5 Å². The number of fused-ring (bicyclic) bond motifs is 1. The van der Waals surface area contributed by atoms with E-state index < -0.39 is 19.8 Å². The Morgan fingerprint density at radius 1 is 1.26 bits per heavy atom. The molecule has 1 saturated heterocycles. The van der Waals surface area contributed by atoms with Crippen molar-refractivity contribution in [3.63, 3.8) is 0 Å². The second-order valence-electron chi connectivity index (χ2n) is 9.16. The topological polar surface area (TPSA) is 167 Å². The predicted octanol–water partition coefficient (Wildman–Crippen LogP) is 2.63. The molecule has 3 heterocycles. The first-order valence-electron chi connectivity index (χ1n) is 12.3. The van der Waals surface area contributed by atoms with Crippen LogP contribution in [0, 0.1) is 5.92 Å². The van der Waals surface area contributed by atoms with Gasteiger partial charge >= 0.3 is 13.7 Å². The molecule has 2 aromatic heterocycles. The maximum absolute atomic E-state index is 13.5. The molecule has 5 rings (SSSR count). The Morgan fingerprint density at radius 3 is 2.76 bits per heavy atom. The normalized spacial score (nSPS) is 21.9. The largest absolute Gasteiger partial charge is 0.480 e. The van der Waals surface area contributed by atoms with E-state index in [2.05, 4.69) is 24.9 Å². The summed E-state index contributed by atoms with van der Waals surface area (Å²) in [5.74, 6) is -0.116. The number of rotatable bonds is 10. The zero-order valence-electron chi connectivity index (χ0n) is 20.8. The van der Waals surface area contributed by atoms with Crippen LogP contribution >= 0.6 is 7.75 Å². The molecule has 38 heavy (non-hydrogen) atoms. The molecule has 2 aliphatic rings. The van der Waals surface area contributed by atoms with E-state index in [1.165, 1.54) is 6.92 Å². The number of aromatic nitrogens is 4. The van der Waals surface area contributed by atoms with Crippen LogP contribution in [0.15, 0.2) is 48.8 Å². The van der Waals surface area contributed by atoms with Gasteiger partial charge in [0.05, 0.1) is 32.2 Å². The number of morpholine rings is 1. The maximum atomic E-state index is 13.5. The standard InChI is InChI=1S/C24H30N7O6P/c1-16(23(32)33)29-38(34,37-19-5-3-2-4-6-19)36-14-17-7-8-18(13-17)31-15-26-20-21(27-24(25)28-22(20)31)30-9-11-35-12-10-30/h2-8,15-18H,9-14H2,1H3,(H,29,34)(H,32,33)(H2,25,27,28)/t16?,17-,18+,38-/m1/s1. The number of allylic oxidation sites excluding steroid dienone is 1. The van der Waals surface area contributed by atoms with Crippen LogP contribution in [0.25, 0.3) is 11.2 Å². The number of hydrogen-bond acceptors (Lipinski definition) is 10. The summed E-state index contributed by atoms with van der Waals surface area (Å²) in [6.07, 6.45) is 6.33. The highest BCUT2D eigenvalue weighted by Crippen LogP contribution is 2.46. The van der Waals surface area contributed by atoms with Gasteiger partial charge in [-0.2, -0.15) is 15.1 Å². The molecule has 1 aromatic carbocycles. The van der Waals surface area contributed by atoms with Crippen molar-refractivity contribution in [2.45, 2.75) is 25.4 Å². The van der Waals surface area contributed by atoms with Crippen molar-refractivity contribution in [3.05, 3.63) is 48.8 Å². The highest BCUT2D eigenvalue weighted by Gasteiger charge is 2.33. The smallest absolute Gasteiger partial charge is 0.459 e. The fourth-order valence-corrected chi connectivity index (χ4v) is 5.99. The monoisotopic (exact) mass is 543 g/mol. The molecule has 1 aliphatic carbocycles. The van der Waals surface area contributed by atoms with Gasteiger partial charge in [-0.25, -0.2) is 9.55 Å². The first-order valence-corrected chi connectivity index (χ1v) is 13.9. The third-order valence-electron chi connectivity index (χ3n) is 6.39. The van der Waals surface area contributed by atoms with Gasteiger partial charge in [-0.05, 0) is 25.5 Å². The van der Waals surface area contributed by atoms with Crippen molar-refractivity contribution in [2.24, 2.45) is 5.92 Å². The number of aliphatic carboxylic acids is 1. The molecule has 14 heteroatoms. The number of carboxylic acid groups (broad SMARTS) is 1. The van der Waals surface area contributed by atoms with Crippen LogP contribution in [-0.2, 0) is 18.6 Å². The minimum Gasteiger partial charge on any atom is -0.480 e. The number of anilines is 2. The molecule has 0 radical (unpaired) electrons. The van der Waals surface area contributed by atoms with E-state index in [4.69, 9.17) is 19.5 Å². The van der Waals surface area contributed by atoms with E-state index in [1.807, 2.05) is 16.7 Å².